The van der Waals surface area contributed by atoms with Crippen molar-refractivity contribution >= 4 is 17.8 Å². The molecule has 0 fully saturated rings. The number of non-ortho nitro benzene ring substituents is 1. The average molecular weight is 379 g/mol. The summed E-state index contributed by atoms with van der Waals surface area (Å²) in [6.07, 6.45) is 1.58. The Kier molecular flexibility index (Phi) is 5.81. The van der Waals surface area contributed by atoms with E-state index < -0.39 is 4.92 Å². The summed E-state index contributed by atoms with van der Waals surface area (Å²) in [4.78, 5) is 22.2. The minimum Gasteiger partial charge on any atom is -0.497 e. The topological polar surface area (TPSA) is 107 Å². The minimum atomic E-state index is -0.460. The molecule has 1 aromatic heterocycles. The summed E-state index contributed by atoms with van der Waals surface area (Å²) in [6.45, 7) is 0. The highest BCUT2D eigenvalue weighted by molar-refractivity contribution is 5.82. The van der Waals surface area contributed by atoms with Crippen LogP contribution in [0.25, 0.3) is 11.3 Å². The Balaban J connectivity index is 1.55. The van der Waals surface area contributed by atoms with Crippen LogP contribution < -0.4 is 10.2 Å². The van der Waals surface area contributed by atoms with Gasteiger partial charge in [-0.3, -0.25) is 14.9 Å². The molecule has 1 amide bonds. The molecular formula is C20H17N3O5. The molecule has 0 saturated carbocycles. The van der Waals surface area contributed by atoms with Crippen molar-refractivity contribution < 1.29 is 18.9 Å². The van der Waals surface area contributed by atoms with E-state index in [1.165, 1.54) is 18.3 Å². The first-order chi connectivity index (χ1) is 13.5. The molecule has 2 aromatic carbocycles. The van der Waals surface area contributed by atoms with E-state index in [0.29, 0.717) is 17.1 Å². The zero-order valence-electron chi connectivity index (χ0n) is 15.0. The molecule has 1 heterocycles. The van der Waals surface area contributed by atoms with Gasteiger partial charge in [0.2, 0.25) is 5.91 Å². The number of carbonyl (C=O) groups excluding carboxylic acids is 1. The standard InChI is InChI=1S/C20H17N3O5/c1-27-17-8-2-14(3-9-17)12-20(24)22-21-13-18-10-11-19(28-18)15-4-6-16(7-5-15)23(25)26/h2-11,13H,12H2,1H3,(H,22,24). The number of hydrogen-bond donors (Lipinski definition) is 1. The summed E-state index contributed by atoms with van der Waals surface area (Å²) >= 11 is 0. The van der Waals surface area contributed by atoms with Crippen molar-refractivity contribution in [2.45, 2.75) is 6.42 Å². The Bertz CT molecular complexity index is 991. The highest BCUT2D eigenvalue weighted by Gasteiger charge is 2.08. The first kappa shape index (κ1) is 18.8. The van der Waals surface area contributed by atoms with Crippen molar-refractivity contribution in [3.8, 4) is 17.1 Å². The summed E-state index contributed by atoms with van der Waals surface area (Å²) in [5.41, 5.74) is 3.99. The minimum absolute atomic E-state index is 0.0108. The predicted molar refractivity (Wildman–Crippen MR) is 103 cm³/mol. The van der Waals surface area contributed by atoms with Crippen LogP contribution in [0.5, 0.6) is 5.75 Å². The predicted octanol–water partition coefficient (Wildman–Crippen LogP) is 3.56. The lowest BCUT2D eigenvalue weighted by atomic mass is 10.1. The molecule has 0 radical (unpaired) electrons. The summed E-state index contributed by atoms with van der Waals surface area (Å²) in [7, 11) is 1.58. The van der Waals surface area contributed by atoms with Crippen molar-refractivity contribution in [3.63, 3.8) is 0 Å². The second-order valence-electron chi connectivity index (χ2n) is 5.82. The van der Waals surface area contributed by atoms with Crippen molar-refractivity contribution in [1.82, 2.24) is 5.43 Å². The number of nitro groups is 1. The molecule has 28 heavy (non-hydrogen) atoms. The van der Waals surface area contributed by atoms with E-state index in [1.54, 1.807) is 43.5 Å². The molecule has 0 aliphatic carbocycles. The lowest BCUT2D eigenvalue weighted by Crippen LogP contribution is -2.19. The van der Waals surface area contributed by atoms with Crippen LogP contribution in [-0.2, 0) is 11.2 Å². The van der Waals surface area contributed by atoms with Crippen LogP contribution in [0.4, 0.5) is 5.69 Å². The van der Waals surface area contributed by atoms with E-state index in [2.05, 4.69) is 10.5 Å². The molecule has 8 nitrogen and oxygen atoms in total. The highest BCUT2D eigenvalue weighted by Crippen LogP contribution is 2.24. The molecule has 1 N–H and O–H groups in total. The number of nitrogens with one attached hydrogen (secondary N) is 1. The quantitative estimate of drug-likeness (QED) is 0.384. The number of rotatable bonds is 7. The maximum absolute atomic E-state index is 11.9. The summed E-state index contributed by atoms with van der Waals surface area (Å²) in [6, 6.07) is 16.6. The van der Waals surface area contributed by atoms with Gasteiger partial charge in [0.1, 0.15) is 17.3 Å². The van der Waals surface area contributed by atoms with Crippen LogP contribution in [0.15, 0.2) is 70.2 Å². The van der Waals surface area contributed by atoms with Gasteiger partial charge in [0.15, 0.2) is 0 Å². The number of ether oxygens (including phenoxy) is 1. The lowest BCUT2D eigenvalue weighted by Gasteiger charge is -2.02. The van der Waals surface area contributed by atoms with Gasteiger partial charge in [-0.1, -0.05) is 12.1 Å². The molecule has 3 rings (SSSR count). The molecule has 0 bridgehead atoms. The molecule has 0 aliphatic rings. The first-order valence-electron chi connectivity index (χ1n) is 8.34. The zero-order chi connectivity index (χ0) is 19.9. The Hall–Kier alpha value is -3.94. The van der Waals surface area contributed by atoms with Gasteiger partial charge in [0.25, 0.3) is 5.69 Å². The third-order valence-electron chi connectivity index (χ3n) is 3.89. The smallest absolute Gasteiger partial charge is 0.269 e. The van der Waals surface area contributed by atoms with Crippen molar-refractivity contribution in [2.75, 3.05) is 7.11 Å². The summed E-state index contributed by atoms with van der Waals surface area (Å²) in [5.74, 6) is 1.45. The Morgan fingerprint density at radius 1 is 1.14 bits per heavy atom. The fourth-order valence-corrected chi connectivity index (χ4v) is 2.46. The van der Waals surface area contributed by atoms with Crippen LogP contribution >= 0.6 is 0 Å². The number of nitrogens with zero attached hydrogens (tertiary/aromatic N) is 2. The first-order valence-corrected chi connectivity index (χ1v) is 8.34. The summed E-state index contributed by atoms with van der Waals surface area (Å²) < 4.78 is 10.7. The molecule has 8 heteroatoms. The fraction of sp³-hybridized carbons (Fsp3) is 0.100. The number of carbonyl (C=O) groups is 1. The third kappa shape index (κ3) is 4.82. The van der Waals surface area contributed by atoms with Crippen molar-refractivity contribution in [1.29, 1.82) is 0 Å². The summed E-state index contributed by atoms with van der Waals surface area (Å²) in [5, 5.41) is 14.6. The number of methoxy groups -OCH3 is 1. The van der Waals surface area contributed by atoms with Gasteiger partial charge >= 0.3 is 0 Å². The molecule has 0 aliphatic heterocycles. The van der Waals surface area contributed by atoms with Gasteiger partial charge in [-0.25, -0.2) is 5.43 Å². The number of amides is 1. The number of furan rings is 1. The zero-order valence-corrected chi connectivity index (χ0v) is 15.0. The van der Waals surface area contributed by atoms with Gasteiger partial charge in [-0.2, -0.15) is 5.10 Å². The molecule has 0 spiro atoms. The van der Waals surface area contributed by atoms with Gasteiger partial charge in [-0.05, 0) is 42.0 Å². The molecule has 0 unspecified atom stereocenters. The van der Waals surface area contributed by atoms with E-state index in [4.69, 9.17) is 9.15 Å². The maximum Gasteiger partial charge on any atom is 0.269 e. The van der Waals surface area contributed by atoms with Crippen molar-refractivity contribution in [2.24, 2.45) is 5.10 Å². The van der Waals surface area contributed by atoms with Crippen LogP contribution in [0.2, 0.25) is 0 Å². The normalized spacial score (nSPS) is 10.8. The van der Waals surface area contributed by atoms with Gasteiger partial charge in [-0.15, -0.1) is 0 Å². The SMILES string of the molecule is COc1ccc(CC(=O)NN=Cc2ccc(-c3ccc([N+](=O)[O-])cc3)o2)cc1. The van der Waals surface area contributed by atoms with E-state index >= 15 is 0 Å². The monoisotopic (exact) mass is 379 g/mol. The van der Waals surface area contributed by atoms with Gasteiger partial charge in [0, 0.05) is 17.7 Å². The van der Waals surface area contributed by atoms with Gasteiger partial charge in [0.05, 0.1) is 24.7 Å². The van der Waals surface area contributed by atoms with E-state index in [-0.39, 0.29) is 18.0 Å². The largest absolute Gasteiger partial charge is 0.497 e. The molecular weight excluding hydrogens is 362 g/mol. The van der Waals surface area contributed by atoms with E-state index in [0.717, 1.165) is 11.3 Å². The van der Waals surface area contributed by atoms with Crippen molar-refractivity contribution in [3.05, 3.63) is 82.1 Å². The molecule has 0 atom stereocenters. The highest BCUT2D eigenvalue weighted by atomic mass is 16.6. The van der Waals surface area contributed by atoms with Crippen LogP contribution in [-0.4, -0.2) is 24.2 Å². The number of hydrazone groups is 1. The average Bonchev–Trinajstić information content (AvgIpc) is 3.17. The number of nitro benzene ring substituents is 1. The van der Waals surface area contributed by atoms with Gasteiger partial charge < -0.3 is 9.15 Å². The van der Waals surface area contributed by atoms with E-state index in [9.17, 15) is 14.9 Å². The Labute approximate surface area is 160 Å². The molecule has 142 valence electrons. The number of hydrogen-bond acceptors (Lipinski definition) is 6. The lowest BCUT2D eigenvalue weighted by molar-refractivity contribution is -0.384. The second kappa shape index (κ2) is 8.63. The maximum atomic E-state index is 11.9. The molecule has 0 saturated heterocycles. The third-order valence-corrected chi connectivity index (χ3v) is 3.89. The van der Waals surface area contributed by atoms with Crippen LogP contribution in [0.3, 0.4) is 0 Å². The van der Waals surface area contributed by atoms with Crippen LogP contribution in [0.1, 0.15) is 11.3 Å². The number of benzene rings is 2. The fourth-order valence-electron chi connectivity index (χ4n) is 2.46. The Morgan fingerprint density at radius 3 is 2.50 bits per heavy atom. The second-order valence-corrected chi connectivity index (χ2v) is 5.82. The molecule has 3 aromatic rings. The Morgan fingerprint density at radius 2 is 1.86 bits per heavy atom. The van der Waals surface area contributed by atoms with Crippen LogP contribution in [0, 0.1) is 10.1 Å². The van der Waals surface area contributed by atoms with E-state index in [1.807, 2.05) is 12.1 Å².